The summed E-state index contributed by atoms with van der Waals surface area (Å²) in [6, 6.07) is 8.06. The highest BCUT2D eigenvalue weighted by Gasteiger charge is 2.07. The Bertz CT molecular complexity index is 597. The highest BCUT2D eigenvalue weighted by molar-refractivity contribution is 6.31. The Labute approximate surface area is 121 Å². The van der Waals surface area contributed by atoms with Crippen molar-refractivity contribution in [1.29, 1.82) is 0 Å². The van der Waals surface area contributed by atoms with Gasteiger partial charge in [0, 0.05) is 29.3 Å². The number of nitrogens with two attached hydrogens (primary N) is 1. The molecule has 0 bridgehead atoms. The lowest BCUT2D eigenvalue weighted by Gasteiger charge is -2.10. The number of benzene rings is 2. The number of ether oxygens (including phenoxy) is 1. The van der Waals surface area contributed by atoms with Crippen molar-refractivity contribution < 1.29 is 13.5 Å². The third-order valence-electron chi connectivity index (χ3n) is 2.64. The Balaban J connectivity index is 2.19. The average Bonchev–Trinajstić information content (AvgIpc) is 2.31. The zero-order valence-electron chi connectivity index (χ0n) is 10.9. The number of rotatable bonds is 4. The van der Waals surface area contributed by atoms with E-state index in [2.05, 4.69) is 0 Å². The lowest BCUT2D eigenvalue weighted by Crippen LogP contribution is -2.17. The topological polar surface area (TPSA) is 35.2 Å². The van der Waals surface area contributed by atoms with Gasteiger partial charge >= 0.3 is 0 Å². The molecule has 2 aromatic carbocycles. The van der Waals surface area contributed by atoms with E-state index in [0.717, 1.165) is 23.8 Å². The van der Waals surface area contributed by atoms with Crippen molar-refractivity contribution in [1.82, 2.24) is 0 Å². The minimum atomic E-state index is -0.695. The molecule has 0 amide bonds. The van der Waals surface area contributed by atoms with E-state index in [-0.39, 0.29) is 11.8 Å². The molecule has 2 aromatic rings. The fourth-order valence-electron chi connectivity index (χ4n) is 1.83. The van der Waals surface area contributed by atoms with E-state index in [9.17, 15) is 8.78 Å². The smallest absolute Gasteiger partial charge is 0.133 e. The molecule has 2 rings (SSSR count). The van der Waals surface area contributed by atoms with Crippen molar-refractivity contribution in [3.63, 3.8) is 0 Å². The lowest BCUT2D eigenvalue weighted by atomic mass is 10.1. The molecule has 1 atom stereocenters. The van der Waals surface area contributed by atoms with Gasteiger partial charge in [-0.3, -0.25) is 0 Å². The molecular formula is C15H14ClF2NO. The minimum Gasteiger partial charge on any atom is -0.457 e. The molecule has 0 aliphatic heterocycles. The van der Waals surface area contributed by atoms with Gasteiger partial charge in [0.15, 0.2) is 0 Å². The van der Waals surface area contributed by atoms with Gasteiger partial charge in [-0.1, -0.05) is 17.7 Å². The van der Waals surface area contributed by atoms with Crippen LogP contribution in [0.2, 0.25) is 5.02 Å². The molecule has 0 saturated carbocycles. The number of hydrogen-bond acceptors (Lipinski definition) is 2. The van der Waals surface area contributed by atoms with Crippen LogP contribution in [0, 0.1) is 11.6 Å². The summed E-state index contributed by atoms with van der Waals surface area (Å²) in [7, 11) is 0. The monoisotopic (exact) mass is 297 g/mol. The molecule has 1 unspecified atom stereocenters. The van der Waals surface area contributed by atoms with E-state index in [4.69, 9.17) is 22.1 Å². The van der Waals surface area contributed by atoms with Gasteiger partial charge < -0.3 is 10.5 Å². The number of halogens is 3. The van der Waals surface area contributed by atoms with Crippen LogP contribution in [-0.2, 0) is 6.42 Å². The van der Waals surface area contributed by atoms with Crippen LogP contribution in [0.15, 0.2) is 36.4 Å². The molecule has 2 nitrogen and oxygen atoms in total. The second-order valence-electron chi connectivity index (χ2n) is 4.64. The molecule has 2 N–H and O–H groups in total. The first-order valence-electron chi connectivity index (χ1n) is 6.12. The van der Waals surface area contributed by atoms with Crippen LogP contribution in [0.5, 0.6) is 11.5 Å². The zero-order valence-corrected chi connectivity index (χ0v) is 11.6. The summed E-state index contributed by atoms with van der Waals surface area (Å²) in [5.41, 5.74) is 6.62. The van der Waals surface area contributed by atoms with Gasteiger partial charge in [-0.15, -0.1) is 0 Å². The van der Waals surface area contributed by atoms with Crippen LogP contribution in [0.1, 0.15) is 12.5 Å². The first-order valence-corrected chi connectivity index (χ1v) is 6.50. The summed E-state index contributed by atoms with van der Waals surface area (Å²) in [6.45, 7) is 1.89. The van der Waals surface area contributed by atoms with Gasteiger partial charge in [0.2, 0.25) is 0 Å². The highest BCUT2D eigenvalue weighted by Crippen LogP contribution is 2.28. The quantitative estimate of drug-likeness (QED) is 0.913. The average molecular weight is 298 g/mol. The van der Waals surface area contributed by atoms with Crippen molar-refractivity contribution in [2.75, 3.05) is 0 Å². The first-order chi connectivity index (χ1) is 9.44. The molecule has 0 aliphatic carbocycles. The van der Waals surface area contributed by atoms with E-state index < -0.39 is 11.6 Å². The Hall–Kier alpha value is -1.65. The second kappa shape index (κ2) is 6.20. The van der Waals surface area contributed by atoms with E-state index in [1.165, 1.54) is 0 Å². The summed E-state index contributed by atoms with van der Waals surface area (Å²) in [5.74, 6) is -0.897. The zero-order chi connectivity index (χ0) is 14.7. The van der Waals surface area contributed by atoms with Crippen molar-refractivity contribution in [2.45, 2.75) is 19.4 Å². The van der Waals surface area contributed by atoms with Gasteiger partial charge in [0.1, 0.15) is 23.1 Å². The Morgan fingerprint density at radius 1 is 1.10 bits per heavy atom. The molecule has 5 heteroatoms. The van der Waals surface area contributed by atoms with E-state index >= 15 is 0 Å². The van der Waals surface area contributed by atoms with Gasteiger partial charge in [0.25, 0.3) is 0 Å². The normalized spacial score (nSPS) is 12.2. The predicted octanol–water partition coefficient (Wildman–Crippen LogP) is 4.30. The van der Waals surface area contributed by atoms with Crippen molar-refractivity contribution >= 4 is 11.6 Å². The van der Waals surface area contributed by atoms with Crippen LogP contribution >= 0.6 is 11.6 Å². The van der Waals surface area contributed by atoms with Gasteiger partial charge in [-0.2, -0.15) is 0 Å². The van der Waals surface area contributed by atoms with Crippen molar-refractivity contribution in [2.24, 2.45) is 5.73 Å². The molecule has 0 spiro atoms. The second-order valence-corrected chi connectivity index (χ2v) is 5.05. The number of hydrogen-bond donors (Lipinski definition) is 1. The molecular weight excluding hydrogens is 284 g/mol. The Morgan fingerprint density at radius 3 is 2.30 bits per heavy atom. The van der Waals surface area contributed by atoms with Crippen LogP contribution in [0.4, 0.5) is 8.78 Å². The van der Waals surface area contributed by atoms with Crippen molar-refractivity contribution in [3.8, 4) is 11.5 Å². The van der Waals surface area contributed by atoms with Crippen LogP contribution in [0.25, 0.3) is 0 Å². The fraction of sp³-hybridized carbons (Fsp3) is 0.200. The molecule has 0 saturated heterocycles. The third-order valence-corrected chi connectivity index (χ3v) is 2.99. The predicted molar refractivity (Wildman–Crippen MR) is 75.2 cm³/mol. The maximum absolute atomic E-state index is 13.1. The summed E-state index contributed by atoms with van der Waals surface area (Å²) in [4.78, 5) is 0. The van der Waals surface area contributed by atoms with E-state index in [1.807, 2.05) is 6.92 Å². The first kappa shape index (κ1) is 14.8. The van der Waals surface area contributed by atoms with Crippen molar-refractivity contribution in [3.05, 3.63) is 58.6 Å². The maximum atomic E-state index is 13.1. The highest BCUT2D eigenvalue weighted by atomic mass is 35.5. The van der Waals surface area contributed by atoms with Crippen LogP contribution in [0.3, 0.4) is 0 Å². The molecule has 0 aliphatic rings. The molecule has 0 fully saturated rings. The van der Waals surface area contributed by atoms with Crippen LogP contribution < -0.4 is 10.5 Å². The minimum absolute atomic E-state index is 0.00316. The maximum Gasteiger partial charge on any atom is 0.133 e. The van der Waals surface area contributed by atoms with Gasteiger partial charge in [-0.05, 0) is 31.0 Å². The molecule has 20 heavy (non-hydrogen) atoms. The largest absolute Gasteiger partial charge is 0.457 e. The summed E-state index contributed by atoms with van der Waals surface area (Å²) in [5, 5.41) is 0.511. The van der Waals surface area contributed by atoms with E-state index in [1.54, 1.807) is 18.2 Å². The Morgan fingerprint density at radius 2 is 1.75 bits per heavy atom. The molecule has 106 valence electrons. The Kier molecular flexibility index (Phi) is 4.57. The molecule has 0 heterocycles. The fourth-order valence-corrected chi connectivity index (χ4v) is 2.08. The van der Waals surface area contributed by atoms with Crippen LogP contribution in [-0.4, -0.2) is 6.04 Å². The van der Waals surface area contributed by atoms with Gasteiger partial charge in [0.05, 0.1) is 0 Å². The standard InChI is InChI=1S/C15H14ClF2NO/c1-9(19)4-10-2-3-13(8-15(10)16)20-14-6-11(17)5-12(18)7-14/h2-3,5-9H,4,19H2,1H3. The SMILES string of the molecule is CC(N)Cc1ccc(Oc2cc(F)cc(F)c2)cc1Cl. The summed E-state index contributed by atoms with van der Waals surface area (Å²) < 4.78 is 31.5. The molecule has 0 radical (unpaired) electrons. The lowest BCUT2D eigenvalue weighted by molar-refractivity contribution is 0.468. The van der Waals surface area contributed by atoms with E-state index in [0.29, 0.717) is 17.2 Å². The summed E-state index contributed by atoms with van der Waals surface area (Å²) in [6.07, 6.45) is 0.647. The van der Waals surface area contributed by atoms with Gasteiger partial charge in [-0.25, -0.2) is 8.78 Å². The summed E-state index contributed by atoms with van der Waals surface area (Å²) >= 11 is 6.12. The third kappa shape index (κ3) is 3.92. The molecule has 0 aromatic heterocycles.